The topological polar surface area (TPSA) is 32.7 Å². The number of ether oxygens (including phenoxy) is 1. The summed E-state index contributed by atoms with van der Waals surface area (Å²) in [5.41, 5.74) is 0.174. The first-order chi connectivity index (χ1) is 8.24. The van der Waals surface area contributed by atoms with Crippen LogP contribution in [0.3, 0.4) is 0 Å². The molecule has 1 heterocycles. The van der Waals surface area contributed by atoms with Crippen molar-refractivity contribution < 1.29 is 9.84 Å². The SMILES string of the molecule is CC1CN(CC2(CO)CCCCCC2)CCO1. The first kappa shape index (κ1) is 13.3. The minimum Gasteiger partial charge on any atom is -0.396 e. The van der Waals surface area contributed by atoms with Crippen molar-refractivity contribution in [2.45, 2.75) is 51.6 Å². The fourth-order valence-electron chi connectivity index (χ4n) is 3.35. The minimum atomic E-state index is 0.174. The first-order valence-electron chi connectivity index (χ1n) is 7.19. The van der Waals surface area contributed by atoms with Gasteiger partial charge in [0.2, 0.25) is 0 Å². The van der Waals surface area contributed by atoms with Gasteiger partial charge in [0, 0.05) is 31.7 Å². The van der Waals surface area contributed by atoms with Crippen LogP contribution in [0.5, 0.6) is 0 Å². The Balaban J connectivity index is 1.92. The zero-order valence-electron chi connectivity index (χ0n) is 11.2. The zero-order chi connectivity index (χ0) is 12.1. The van der Waals surface area contributed by atoms with Crippen LogP contribution in [-0.2, 0) is 4.74 Å². The molecule has 1 N–H and O–H groups in total. The van der Waals surface area contributed by atoms with Crippen LogP contribution < -0.4 is 0 Å². The Morgan fingerprint density at radius 2 is 1.94 bits per heavy atom. The maximum Gasteiger partial charge on any atom is 0.0674 e. The molecule has 1 saturated heterocycles. The molecule has 1 saturated carbocycles. The van der Waals surface area contributed by atoms with Crippen LogP contribution in [0.25, 0.3) is 0 Å². The van der Waals surface area contributed by atoms with Gasteiger partial charge in [0.05, 0.1) is 12.7 Å². The predicted octanol–water partition coefficient (Wildman–Crippen LogP) is 2.04. The summed E-state index contributed by atoms with van der Waals surface area (Å²) in [6.07, 6.45) is 8.04. The molecule has 0 aromatic rings. The van der Waals surface area contributed by atoms with Gasteiger partial charge >= 0.3 is 0 Å². The molecule has 0 bridgehead atoms. The molecular weight excluding hydrogens is 214 g/mol. The van der Waals surface area contributed by atoms with Gasteiger partial charge in [0.15, 0.2) is 0 Å². The maximum absolute atomic E-state index is 9.81. The van der Waals surface area contributed by atoms with E-state index in [1.54, 1.807) is 0 Å². The van der Waals surface area contributed by atoms with Crippen molar-refractivity contribution in [1.82, 2.24) is 4.90 Å². The summed E-state index contributed by atoms with van der Waals surface area (Å²) in [4.78, 5) is 2.50. The molecule has 100 valence electrons. The molecule has 0 aromatic heterocycles. The molecule has 0 spiro atoms. The normalized spacial score (nSPS) is 31.1. The lowest BCUT2D eigenvalue weighted by Crippen LogP contribution is -2.47. The minimum absolute atomic E-state index is 0.174. The Morgan fingerprint density at radius 3 is 2.53 bits per heavy atom. The molecule has 0 aromatic carbocycles. The number of aliphatic hydroxyl groups is 1. The van der Waals surface area contributed by atoms with Gasteiger partial charge < -0.3 is 9.84 Å². The summed E-state index contributed by atoms with van der Waals surface area (Å²) in [6, 6.07) is 0. The van der Waals surface area contributed by atoms with Crippen LogP contribution in [0.1, 0.15) is 45.4 Å². The molecule has 0 amide bonds. The van der Waals surface area contributed by atoms with E-state index < -0.39 is 0 Å². The van der Waals surface area contributed by atoms with Gasteiger partial charge in [-0.2, -0.15) is 0 Å². The summed E-state index contributed by atoms with van der Waals surface area (Å²) in [7, 11) is 0. The van der Waals surface area contributed by atoms with E-state index in [9.17, 15) is 5.11 Å². The van der Waals surface area contributed by atoms with Crippen molar-refractivity contribution in [3.05, 3.63) is 0 Å². The molecular formula is C14H27NO2. The molecule has 17 heavy (non-hydrogen) atoms. The monoisotopic (exact) mass is 241 g/mol. The Kier molecular flexibility index (Phi) is 4.83. The highest BCUT2D eigenvalue weighted by atomic mass is 16.5. The van der Waals surface area contributed by atoms with Gasteiger partial charge in [0.1, 0.15) is 0 Å². The molecule has 1 atom stereocenters. The Morgan fingerprint density at radius 1 is 1.24 bits per heavy atom. The second kappa shape index (κ2) is 6.17. The number of aliphatic hydroxyl groups excluding tert-OH is 1. The highest BCUT2D eigenvalue weighted by molar-refractivity contribution is 4.85. The molecule has 3 heteroatoms. The second-order valence-electron chi connectivity index (χ2n) is 5.99. The third kappa shape index (κ3) is 3.67. The molecule has 2 aliphatic rings. The summed E-state index contributed by atoms with van der Waals surface area (Å²) in [5.74, 6) is 0. The number of rotatable bonds is 3. The fraction of sp³-hybridized carbons (Fsp3) is 1.00. The van der Waals surface area contributed by atoms with Crippen molar-refractivity contribution in [2.24, 2.45) is 5.41 Å². The summed E-state index contributed by atoms with van der Waals surface area (Å²) >= 11 is 0. The average molecular weight is 241 g/mol. The van der Waals surface area contributed by atoms with Crippen molar-refractivity contribution in [2.75, 3.05) is 32.8 Å². The number of nitrogens with zero attached hydrogens (tertiary/aromatic N) is 1. The van der Waals surface area contributed by atoms with Crippen LogP contribution in [0.4, 0.5) is 0 Å². The average Bonchev–Trinajstić information content (AvgIpc) is 2.55. The molecule has 2 fully saturated rings. The van der Waals surface area contributed by atoms with E-state index in [-0.39, 0.29) is 5.41 Å². The van der Waals surface area contributed by atoms with Crippen LogP contribution in [0, 0.1) is 5.41 Å². The molecule has 3 nitrogen and oxygen atoms in total. The van der Waals surface area contributed by atoms with Crippen molar-refractivity contribution in [3.8, 4) is 0 Å². The number of hydrogen-bond donors (Lipinski definition) is 1. The van der Waals surface area contributed by atoms with E-state index in [4.69, 9.17) is 4.74 Å². The van der Waals surface area contributed by atoms with Crippen LogP contribution in [-0.4, -0.2) is 49.0 Å². The number of hydrogen-bond acceptors (Lipinski definition) is 3. The Labute approximate surface area is 105 Å². The van der Waals surface area contributed by atoms with E-state index in [0.717, 1.165) is 26.2 Å². The summed E-state index contributed by atoms with van der Waals surface area (Å²) in [6.45, 7) is 6.48. The largest absolute Gasteiger partial charge is 0.396 e. The van der Waals surface area contributed by atoms with Gasteiger partial charge in [-0.15, -0.1) is 0 Å². The van der Waals surface area contributed by atoms with E-state index >= 15 is 0 Å². The van der Waals surface area contributed by atoms with Crippen LogP contribution in [0.2, 0.25) is 0 Å². The van der Waals surface area contributed by atoms with Crippen molar-refractivity contribution >= 4 is 0 Å². The summed E-state index contributed by atoms with van der Waals surface area (Å²) in [5, 5.41) is 9.81. The quantitative estimate of drug-likeness (QED) is 0.768. The van der Waals surface area contributed by atoms with Gasteiger partial charge in [-0.25, -0.2) is 0 Å². The number of morpholine rings is 1. The highest BCUT2D eigenvalue weighted by Crippen LogP contribution is 2.35. The third-order valence-corrected chi connectivity index (χ3v) is 4.38. The zero-order valence-corrected chi connectivity index (χ0v) is 11.2. The van der Waals surface area contributed by atoms with Crippen molar-refractivity contribution in [3.63, 3.8) is 0 Å². The van der Waals surface area contributed by atoms with Crippen LogP contribution >= 0.6 is 0 Å². The van der Waals surface area contributed by atoms with E-state index in [2.05, 4.69) is 11.8 Å². The fourth-order valence-corrected chi connectivity index (χ4v) is 3.35. The van der Waals surface area contributed by atoms with E-state index in [0.29, 0.717) is 12.7 Å². The molecule has 2 rings (SSSR count). The molecule has 1 aliphatic carbocycles. The summed E-state index contributed by atoms with van der Waals surface area (Å²) < 4.78 is 5.58. The predicted molar refractivity (Wildman–Crippen MR) is 69.1 cm³/mol. The molecule has 0 radical (unpaired) electrons. The van der Waals surface area contributed by atoms with E-state index in [1.807, 2.05) is 0 Å². The van der Waals surface area contributed by atoms with Gasteiger partial charge in [-0.3, -0.25) is 4.90 Å². The molecule has 1 unspecified atom stereocenters. The standard InChI is InChI=1S/C14H27NO2/c1-13-10-15(8-9-17-13)11-14(12-16)6-4-2-3-5-7-14/h13,16H,2-12H2,1H3. The first-order valence-corrected chi connectivity index (χ1v) is 7.19. The van der Waals surface area contributed by atoms with Gasteiger partial charge in [0.25, 0.3) is 0 Å². The lowest BCUT2D eigenvalue weighted by molar-refractivity contribution is -0.0423. The van der Waals surface area contributed by atoms with Crippen molar-refractivity contribution in [1.29, 1.82) is 0 Å². The molecule has 1 aliphatic heterocycles. The second-order valence-corrected chi connectivity index (χ2v) is 5.99. The highest BCUT2D eigenvalue weighted by Gasteiger charge is 2.33. The van der Waals surface area contributed by atoms with Gasteiger partial charge in [-0.05, 0) is 19.8 Å². The van der Waals surface area contributed by atoms with Gasteiger partial charge in [-0.1, -0.05) is 25.7 Å². The maximum atomic E-state index is 9.81. The lowest BCUT2D eigenvalue weighted by atomic mass is 9.80. The smallest absolute Gasteiger partial charge is 0.0674 e. The van der Waals surface area contributed by atoms with E-state index in [1.165, 1.54) is 38.5 Å². The lowest BCUT2D eigenvalue weighted by Gasteiger charge is -2.39. The Hall–Kier alpha value is -0.120. The Bertz CT molecular complexity index is 224. The van der Waals surface area contributed by atoms with Crippen LogP contribution in [0.15, 0.2) is 0 Å². The third-order valence-electron chi connectivity index (χ3n) is 4.38.